The summed E-state index contributed by atoms with van der Waals surface area (Å²) in [6, 6.07) is 10.2. The van der Waals surface area contributed by atoms with E-state index in [1.165, 1.54) is 51.3 Å². The second-order valence-electron chi connectivity index (χ2n) is 9.10. The van der Waals surface area contributed by atoms with E-state index in [9.17, 15) is 23.0 Å². The molecule has 3 rings (SSSR count). The molecule has 0 saturated carbocycles. The third kappa shape index (κ3) is 9.20. The Labute approximate surface area is 249 Å². The summed E-state index contributed by atoms with van der Waals surface area (Å²) in [6.45, 7) is 0. The van der Waals surface area contributed by atoms with Crippen molar-refractivity contribution in [2.24, 2.45) is 0 Å². The van der Waals surface area contributed by atoms with Crippen LogP contribution in [-0.4, -0.2) is 59.9 Å². The summed E-state index contributed by atoms with van der Waals surface area (Å²) < 4.78 is 44.5. The molecule has 2 aromatic carbocycles. The molecule has 3 aromatic rings. The molecule has 1 atom stereocenters. The van der Waals surface area contributed by atoms with E-state index in [-0.39, 0.29) is 46.4 Å². The molecule has 43 heavy (non-hydrogen) atoms. The highest BCUT2D eigenvalue weighted by atomic mass is 32.2. The Morgan fingerprint density at radius 2 is 1.77 bits per heavy atom. The molecule has 0 aliphatic carbocycles. The molecule has 226 valence electrons. The molecule has 1 unspecified atom stereocenters. The van der Waals surface area contributed by atoms with Crippen LogP contribution in [0.5, 0.6) is 11.5 Å². The number of benzene rings is 2. The Hall–Kier alpha value is -5.09. The number of esters is 1. The van der Waals surface area contributed by atoms with Gasteiger partial charge in [-0.2, -0.15) is 0 Å². The lowest BCUT2D eigenvalue weighted by Crippen LogP contribution is -2.31. The molecule has 13 heteroatoms. The molecule has 0 fully saturated rings. The number of nitrogen functional groups attached to an aromatic ring is 1. The minimum absolute atomic E-state index is 0.0732. The number of carbonyl (C=O) groups is 3. The van der Waals surface area contributed by atoms with Gasteiger partial charge in [-0.05, 0) is 48.5 Å². The third-order valence-electron chi connectivity index (χ3n) is 5.90. The fourth-order valence-electron chi connectivity index (χ4n) is 3.68. The fourth-order valence-corrected chi connectivity index (χ4v) is 4.87. The van der Waals surface area contributed by atoms with Gasteiger partial charge in [0.15, 0.2) is 11.5 Å². The van der Waals surface area contributed by atoms with Gasteiger partial charge in [-0.25, -0.2) is 13.6 Å². The van der Waals surface area contributed by atoms with Crippen LogP contribution in [0, 0.1) is 17.7 Å². The van der Waals surface area contributed by atoms with Crippen molar-refractivity contribution in [2.75, 3.05) is 38.6 Å². The summed E-state index contributed by atoms with van der Waals surface area (Å²) in [5.74, 6) is 3.67. The van der Waals surface area contributed by atoms with Crippen molar-refractivity contribution < 1.29 is 37.2 Å². The summed E-state index contributed by atoms with van der Waals surface area (Å²) in [6.07, 6.45) is 3.55. The number of amides is 2. The lowest BCUT2D eigenvalue weighted by atomic mass is 10.1. The number of anilines is 2. The van der Waals surface area contributed by atoms with Crippen LogP contribution in [0.2, 0.25) is 0 Å². The number of unbranched alkanes of at least 4 members (excludes halogenated alkanes) is 1. The predicted octanol–water partition coefficient (Wildman–Crippen LogP) is 3.18. The number of nitrogens with zero attached hydrogens (tertiary/aromatic N) is 1. The van der Waals surface area contributed by atoms with Crippen LogP contribution in [0.3, 0.4) is 0 Å². The number of carbonyl (C=O) groups excluding carboxylic acids is 3. The van der Waals surface area contributed by atoms with E-state index < -0.39 is 27.3 Å². The third-order valence-corrected chi connectivity index (χ3v) is 7.37. The molecule has 1 aromatic heterocycles. The number of ether oxygens (including phenoxy) is 3. The van der Waals surface area contributed by atoms with Crippen LogP contribution >= 0.6 is 0 Å². The Morgan fingerprint density at radius 1 is 1.05 bits per heavy atom. The Balaban J connectivity index is 1.74. The first kappa shape index (κ1) is 32.4. The van der Waals surface area contributed by atoms with Gasteiger partial charge in [0.1, 0.15) is 11.6 Å². The van der Waals surface area contributed by atoms with Crippen molar-refractivity contribution >= 4 is 44.4 Å². The van der Waals surface area contributed by atoms with Crippen LogP contribution in [0.4, 0.5) is 15.9 Å². The van der Waals surface area contributed by atoms with Crippen molar-refractivity contribution in [1.82, 2.24) is 9.71 Å². The number of nitrogens with two attached hydrogens (primary N) is 1. The van der Waals surface area contributed by atoms with E-state index in [1.54, 1.807) is 24.3 Å². The highest BCUT2D eigenvalue weighted by Gasteiger charge is 2.17. The summed E-state index contributed by atoms with van der Waals surface area (Å²) in [5.41, 5.74) is 6.90. The quantitative estimate of drug-likeness (QED) is 0.136. The maximum atomic E-state index is 14.5. The van der Waals surface area contributed by atoms with Crippen molar-refractivity contribution in [3.63, 3.8) is 0 Å². The summed E-state index contributed by atoms with van der Waals surface area (Å²) >= 11 is 0. The maximum Gasteiger partial charge on any atom is 0.305 e. The van der Waals surface area contributed by atoms with Gasteiger partial charge in [0, 0.05) is 45.9 Å². The summed E-state index contributed by atoms with van der Waals surface area (Å²) in [5, 5.41) is 4.07. The number of pyridine rings is 1. The van der Waals surface area contributed by atoms with Crippen LogP contribution in [0.1, 0.15) is 51.1 Å². The van der Waals surface area contributed by atoms with Crippen molar-refractivity contribution in [3.05, 3.63) is 76.7 Å². The van der Waals surface area contributed by atoms with Crippen molar-refractivity contribution in [2.45, 2.75) is 19.3 Å². The number of methoxy groups -OCH3 is 3. The Morgan fingerprint density at radius 3 is 2.47 bits per heavy atom. The molecule has 11 nitrogen and oxygen atoms in total. The minimum Gasteiger partial charge on any atom is -0.493 e. The highest BCUT2D eigenvalue weighted by molar-refractivity contribution is 7.99. The molecule has 1 heterocycles. The first-order valence-electron chi connectivity index (χ1n) is 12.8. The number of hydrogen-bond acceptors (Lipinski definition) is 9. The SMILES string of the molecule is COC(=O)CCCC=S(C)(=O)NC(=O)c1cnc(N)c(C#Cc2cccc(NC(=O)c3cc(OC)c(OC)cc3F)c2)c1. The molecule has 4 N–H and O–H groups in total. The normalized spacial score (nSPS) is 11.7. The van der Waals surface area contributed by atoms with Crippen LogP contribution in [0.25, 0.3) is 0 Å². The molecule has 0 bridgehead atoms. The van der Waals surface area contributed by atoms with E-state index in [2.05, 4.69) is 31.6 Å². The van der Waals surface area contributed by atoms with E-state index in [0.29, 0.717) is 24.1 Å². The lowest BCUT2D eigenvalue weighted by molar-refractivity contribution is -0.140. The zero-order chi connectivity index (χ0) is 31.6. The number of halogens is 1. The molecule has 2 amide bonds. The number of aromatic nitrogens is 1. The van der Waals surface area contributed by atoms with Crippen molar-refractivity contribution in [3.8, 4) is 23.3 Å². The molecule has 0 radical (unpaired) electrons. The van der Waals surface area contributed by atoms with Gasteiger partial charge in [-0.15, -0.1) is 0 Å². The topological polar surface area (TPSA) is 159 Å². The van der Waals surface area contributed by atoms with Gasteiger partial charge in [0.05, 0.1) is 38.0 Å². The minimum atomic E-state index is -2.85. The van der Waals surface area contributed by atoms with Gasteiger partial charge in [0.25, 0.3) is 11.8 Å². The van der Waals surface area contributed by atoms with E-state index >= 15 is 0 Å². The zero-order valence-electron chi connectivity index (χ0n) is 24.0. The summed E-state index contributed by atoms with van der Waals surface area (Å²) in [7, 11) is 1.18. The number of rotatable bonds is 10. The summed E-state index contributed by atoms with van der Waals surface area (Å²) in [4.78, 5) is 40.8. The van der Waals surface area contributed by atoms with E-state index in [1.807, 2.05) is 0 Å². The number of hydrogen-bond donors (Lipinski definition) is 3. The molecular formula is C30H31FN4O7S. The second kappa shape index (κ2) is 14.7. The van der Waals surface area contributed by atoms with Gasteiger partial charge < -0.3 is 25.3 Å². The van der Waals surface area contributed by atoms with Gasteiger partial charge in [-0.1, -0.05) is 17.9 Å². The first-order valence-corrected chi connectivity index (χ1v) is 14.8. The van der Waals surface area contributed by atoms with Gasteiger partial charge in [-0.3, -0.25) is 19.1 Å². The number of nitrogens with one attached hydrogen (secondary N) is 2. The second-order valence-corrected chi connectivity index (χ2v) is 11.4. The zero-order valence-corrected chi connectivity index (χ0v) is 24.8. The fraction of sp³-hybridized carbons (Fsp3) is 0.233. The molecule has 0 saturated heterocycles. The smallest absolute Gasteiger partial charge is 0.305 e. The maximum absolute atomic E-state index is 14.5. The molecule has 0 spiro atoms. The van der Waals surface area contributed by atoms with Gasteiger partial charge in [0.2, 0.25) is 0 Å². The Bertz CT molecular complexity index is 1720. The lowest BCUT2D eigenvalue weighted by Gasteiger charge is -2.11. The van der Waals surface area contributed by atoms with Crippen LogP contribution < -0.4 is 25.2 Å². The van der Waals surface area contributed by atoms with Crippen LogP contribution in [-0.2, 0) is 19.2 Å². The average molecular weight is 611 g/mol. The molecule has 0 aliphatic heterocycles. The first-order chi connectivity index (χ1) is 20.5. The molecular weight excluding hydrogens is 579 g/mol. The monoisotopic (exact) mass is 610 g/mol. The van der Waals surface area contributed by atoms with E-state index in [0.717, 1.165) is 6.07 Å². The van der Waals surface area contributed by atoms with Crippen molar-refractivity contribution in [1.29, 1.82) is 0 Å². The predicted molar refractivity (Wildman–Crippen MR) is 162 cm³/mol. The Kier molecular flexibility index (Phi) is 11.1. The van der Waals surface area contributed by atoms with Crippen LogP contribution in [0.15, 0.2) is 48.7 Å². The highest BCUT2D eigenvalue weighted by Crippen LogP contribution is 2.30. The molecule has 0 aliphatic rings. The van der Waals surface area contributed by atoms with E-state index in [4.69, 9.17) is 15.2 Å². The standard InChI is InChI=1S/C30H31FN4O7S/c1-40-25-16-23(24(31)17-26(25)41-2)30(38)34-22-9-7-8-19(14-22)11-12-20-15-21(18-33-28(20)32)29(37)35-43(4,39)13-6-5-10-27(36)42-3/h7-9,13-18H,5-6,10H2,1-4H3,(H2,32,33)(H,34,38)(H,35,37,39). The average Bonchev–Trinajstić information content (AvgIpc) is 2.98. The largest absolute Gasteiger partial charge is 0.493 e. The van der Waals surface area contributed by atoms with Gasteiger partial charge >= 0.3 is 5.97 Å².